The van der Waals surface area contributed by atoms with Gasteiger partial charge in [-0.05, 0) is 36.1 Å². The van der Waals surface area contributed by atoms with Gasteiger partial charge in [0.05, 0.1) is 0 Å². The summed E-state index contributed by atoms with van der Waals surface area (Å²) >= 11 is 0. The lowest BCUT2D eigenvalue weighted by Gasteiger charge is -2.33. The van der Waals surface area contributed by atoms with Crippen LogP contribution in [0.5, 0.6) is 0 Å². The molecule has 1 N–H and O–H groups in total. The van der Waals surface area contributed by atoms with Crippen LogP contribution in [0.4, 0.5) is 13.2 Å². The molecule has 1 aliphatic rings. The van der Waals surface area contributed by atoms with E-state index in [-0.39, 0.29) is 18.2 Å². The van der Waals surface area contributed by atoms with Crippen LogP contribution in [0.3, 0.4) is 0 Å². The highest BCUT2D eigenvalue weighted by molar-refractivity contribution is 5.90. The summed E-state index contributed by atoms with van der Waals surface area (Å²) in [6, 6.07) is 9.75. The number of nitrogens with zero attached hydrogens (tertiary/aromatic N) is 2. The molecule has 1 aromatic heterocycles. The average Bonchev–Trinajstić information content (AvgIpc) is 2.74. The van der Waals surface area contributed by atoms with Gasteiger partial charge in [0.2, 0.25) is 5.91 Å². The molecule has 160 valence electrons. The van der Waals surface area contributed by atoms with Crippen molar-refractivity contribution in [3.63, 3.8) is 0 Å². The quantitative estimate of drug-likeness (QED) is 0.765. The van der Waals surface area contributed by atoms with Gasteiger partial charge in [-0.15, -0.1) is 0 Å². The predicted octanol–water partition coefficient (Wildman–Crippen LogP) is 4.16. The number of aromatic nitrogens is 1. The molecule has 1 fully saturated rings. The number of carbonyl (C=O) groups excluding carboxylic acids is 2. The zero-order valence-electron chi connectivity index (χ0n) is 16.4. The molecule has 1 unspecified atom stereocenters. The average molecular weight is 419 g/mol. The van der Waals surface area contributed by atoms with Crippen molar-refractivity contribution in [3.05, 3.63) is 66.0 Å². The number of pyridine rings is 1. The lowest BCUT2D eigenvalue weighted by Crippen LogP contribution is -2.50. The van der Waals surface area contributed by atoms with Crippen LogP contribution in [0, 0.1) is 0 Å². The van der Waals surface area contributed by atoms with E-state index in [0.717, 1.165) is 32.1 Å². The Morgan fingerprint density at radius 3 is 2.27 bits per heavy atom. The molecule has 5 nitrogen and oxygen atoms in total. The molecular formula is C22H24F3N3O2. The van der Waals surface area contributed by atoms with Crippen molar-refractivity contribution in [2.75, 3.05) is 0 Å². The molecule has 1 heterocycles. The maximum Gasteiger partial charge on any atom is 0.471 e. The first-order chi connectivity index (χ1) is 14.4. The van der Waals surface area contributed by atoms with E-state index in [1.165, 1.54) is 24.5 Å². The zero-order valence-corrected chi connectivity index (χ0v) is 16.4. The topological polar surface area (TPSA) is 62.3 Å². The Bertz CT molecular complexity index is 838. The molecule has 3 rings (SSSR count). The van der Waals surface area contributed by atoms with E-state index in [1.54, 1.807) is 30.3 Å². The van der Waals surface area contributed by atoms with E-state index >= 15 is 0 Å². The van der Waals surface area contributed by atoms with Gasteiger partial charge in [0.15, 0.2) is 0 Å². The fourth-order valence-corrected chi connectivity index (χ4v) is 3.77. The maximum atomic E-state index is 13.5. The number of halogens is 3. The van der Waals surface area contributed by atoms with Crippen molar-refractivity contribution in [1.82, 2.24) is 15.2 Å². The zero-order chi connectivity index (χ0) is 21.6. The SMILES string of the molecule is O=C(NC1CCCCC1)C(c1ccncc1)N(Cc1ccccc1)C(=O)C(F)(F)F. The van der Waals surface area contributed by atoms with Gasteiger partial charge >= 0.3 is 12.1 Å². The van der Waals surface area contributed by atoms with E-state index in [1.807, 2.05) is 0 Å². The molecule has 1 saturated carbocycles. The van der Waals surface area contributed by atoms with Crippen LogP contribution >= 0.6 is 0 Å². The van der Waals surface area contributed by atoms with Gasteiger partial charge in [-0.3, -0.25) is 14.6 Å². The van der Waals surface area contributed by atoms with E-state index in [9.17, 15) is 22.8 Å². The molecule has 0 spiro atoms. The third-order valence-corrected chi connectivity index (χ3v) is 5.23. The summed E-state index contributed by atoms with van der Waals surface area (Å²) in [4.78, 5) is 30.1. The van der Waals surface area contributed by atoms with Crippen molar-refractivity contribution in [2.24, 2.45) is 0 Å². The minimum atomic E-state index is -5.11. The number of hydrogen-bond donors (Lipinski definition) is 1. The molecule has 0 bridgehead atoms. The van der Waals surface area contributed by atoms with Crippen LogP contribution in [-0.2, 0) is 16.1 Å². The molecule has 30 heavy (non-hydrogen) atoms. The second kappa shape index (κ2) is 9.73. The summed E-state index contributed by atoms with van der Waals surface area (Å²) in [5, 5.41) is 2.87. The van der Waals surface area contributed by atoms with Crippen molar-refractivity contribution >= 4 is 11.8 Å². The molecule has 0 radical (unpaired) electrons. The van der Waals surface area contributed by atoms with Crippen LogP contribution in [0.25, 0.3) is 0 Å². The first kappa shape index (κ1) is 21.8. The number of benzene rings is 1. The Labute approximate surface area is 173 Å². The number of nitrogens with one attached hydrogen (secondary N) is 1. The summed E-state index contributed by atoms with van der Waals surface area (Å²) in [5.41, 5.74) is 0.784. The molecular weight excluding hydrogens is 395 g/mol. The third kappa shape index (κ3) is 5.58. The maximum absolute atomic E-state index is 13.5. The molecule has 0 saturated heterocycles. The summed E-state index contributed by atoms with van der Waals surface area (Å²) in [7, 11) is 0. The van der Waals surface area contributed by atoms with Gasteiger partial charge in [0.25, 0.3) is 0 Å². The van der Waals surface area contributed by atoms with Crippen LogP contribution in [-0.4, -0.2) is 33.9 Å². The summed E-state index contributed by atoms with van der Waals surface area (Å²) in [6.07, 6.45) is 2.24. The van der Waals surface area contributed by atoms with Gasteiger partial charge in [-0.1, -0.05) is 49.6 Å². The molecule has 2 aromatic rings. The number of amides is 2. The number of alkyl halides is 3. The first-order valence-electron chi connectivity index (χ1n) is 9.98. The van der Waals surface area contributed by atoms with Crippen molar-refractivity contribution < 1.29 is 22.8 Å². The fraction of sp³-hybridized carbons (Fsp3) is 0.409. The fourth-order valence-electron chi connectivity index (χ4n) is 3.77. The number of rotatable bonds is 6. The lowest BCUT2D eigenvalue weighted by atomic mass is 9.94. The largest absolute Gasteiger partial charge is 0.471 e. The Morgan fingerprint density at radius 2 is 1.67 bits per heavy atom. The van der Waals surface area contributed by atoms with E-state index < -0.39 is 24.0 Å². The van der Waals surface area contributed by atoms with E-state index in [4.69, 9.17) is 0 Å². The van der Waals surface area contributed by atoms with Crippen molar-refractivity contribution in [3.8, 4) is 0 Å². The minimum Gasteiger partial charge on any atom is -0.351 e. The highest BCUT2D eigenvalue weighted by Gasteiger charge is 2.46. The number of carbonyl (C=O) groups is 2. The Hall–Kier alpha value is -2.90. The second-order valence-electron chi connectivity index (χ2n) is 7.44. The normalized spacial score (nSPS) is 16.0. The Kier molecular flexibility index (Phi) is 7.07. The molecule has 0 aliphatic heterocycles. The highest BCUT2D eigenvalue weighted by Crippen LogP contribution is 2.30. The van der Waals surface area contributed by atoms with Crippen LogP contribution in [0.15, 0.2) is 54.9 Å². The highest BCUT2D eigenvalue weighted by atomic mass is 19.4. The summed E-state index contributed by atoms with van der Waals surface area (Å²) in [5.74, 6) is -2.66. The van der Waals surface area contributed by atoms with E-state index in [2.05, 4.69) is 10.3 Å². The standard InChI is InChI=1S/C22H24F3N3O2/c23-22(24,25)21(30)28(15-16-7-3-1-4-8-16)19(17-11-13-26-14-12-17)20(29)27-18-9-5-2-6-10-18/h1,3-4,7-8,11-14,18-19H,2,5-6,9-10,15H2,(H,27,29). The lowest BCUT2D eigenvalue weighted by molar-refractivity contribution is -0.189. The predicted molar refractivity (Wildman–Crippen MR) is 105 cm³/mol. The van der Waals surface area contributed by atoms with Crippen molar-refractivity contribution in [2.45, 2.75) is 56.9 Å². The smallest absolute Gasteiger partial charge is 0.351 e. The first-order valence-corrected chi connectivity index (χ1v) is 9.98. The Balaban J connectivity index is 1.96. The third-order valence-electron chi connectivity index (χ3n) is 5.23. The molecule has 8 heteroatoms. The Morgan fingerprint density at radius 1 is 1.03 bits per heavy atom. The van der Waals surface area contributed by atoms with Crippen LogP contribution < -0.4 is 5.32 Å². The van der Waals surface area contributed by atoms with Gasteiger partial charge in [0, 0.05) is 25.0 Å². The van der Waals surface area contributed by atoms with Gasteiger partial charge in [0.1, 0.15) is 6.04 Å². The molecule has 1 aromatic carbocycles. The number of hydrogen-bond acceptors (Lipinski definition) is 3. The van der Waals surface area contributed by atoms with Gasteiger partial charge in [-0.25, -0.2) is 0 Å². The molecule has 1 aliphatic carbocycles. The second-order valence-corrected chi connectivity index (χ2v) is 7.44. The summed E-state index contributed by atoms with van der Waals surface area (Å²) < 4.78 is 40.4. The summed E-state index contributed by atoms with van der Waals surface area (Å²) in [6.45, 7) is -0.343. The molecule has 1 atom stereocenters. The van der Waals surface area contributed by atoms with E-state index in [0.29, 0.717) is 10.5 Å². The molecule has 2 amide bonds. The van der Waals surface area contributed by atoms with Crippen LogP contribution in [0.2, 0.25) is 0 Å². The van der Waals surface area contributed by atoms with Crippen LogP contribution in [0.1, 0.15) is 49.3 Å². The van der Waals surface area contributed by atoms with Crippen molar-refractivity contribution in [1.29, 1.82) is 0 Å². The minimum absolute atomic E-state index is 0.102. The van der Waals surface area contributed by atoms with Gasteiger partial charge < -0.3 is 10.2 Å². The van der Waals surface area contributed by atoms with Gasteiger partial charge in [-0.2, -0.15) is 13.2 Å². The monoisotopic (exact) mass is 419 g/mol.